The lowest BCUT2D eigenvalue weighted by atomic mass is 10.1. The maximum Gasteiger partial charge on any atom is 0.255 e. The molecule has 0 saturated heterocycles. The highest BCUT2D eigenvalue weighted by Gasteiger charge is 2.12. The molecule has 3 aromatic carbocycles. The van der Waals surface area contributed by atoms with E-state index in [1.165, 1.54) is 0 Å². The molecule has 0 atom stereocenters. The number of halogens is 1. The average Bonchev–Trinajstić information content (AvgIpc) is 2.69. The first-order chi connectivity index (χ1) is 13.0. The van der Waals surface area contributed by atoms with Crippen molar-refractivity contribution in [2.24, 2.45) is 0 Å². The number of hydrogen-bond donors (Lipinski definition) is 2. The van der Waals surface area contributed by atoms with Gasteiger partial charge in [-0.25, -0.2) is 0 Å². The van der Waals surface area contributed by atoms with Gasteiger partial charge in [-0.1, -0.05) is 54.1 Å². The molecule has 3 rings (SSSR count). The minimum Gasteiger partial charge on any atom is -0.348 e. The highest BCUT2D eigenvalue weighted by atomic mass is 35.5. The predicted octanol–water partition coefficient (Wildman–Crippen LogP) is 4.83. The molecule has 0 aromatic heterocycles. The first-order valence-corrected chi connectivity index (χ1v) is 8.91. The van der Waals surface area contributed by atoms with Crippen molar-refractivity contribution in [3.05, 3.63) is 100 Å². The molecular formula is C22H19ClN2O2. The molecule has 3 aromatic rings. The Kier molecular flexibility index (Phi) is 5.89. The van der Waals surface area contributed by atoms with Crippen LogP contribution in [0.3, 0.4) is 0 Å². The van der Waals surface area contributed by atoms with Crippen LogP contribution in [0.4, 0.5) is 5.69 Å². The molecule has 0 aliphatic carbocycles. The summed E-state index contributed by atoms with van der Waals surface area (Å²) in [6, 6.07) is 21.5. The van der Waals surface area contributed by atoms with Gasteiger partial charge in [0, 0.05) is 28.4 Å². The molecule has 136 valence electrons. The average molecular weight is 379 g/mol. The normalized spacial score (nSPS) is 10.3. The summed E-state index contributed by atoms with van der Waals surface area (Å²) in [4.78, 5) is 24.9. The smallest absolute Gasteiger partial charge is 0.255 e. The van der Waals surface area contributed by atoms with Gasteiger partial charge in [-0.05, 0) is 48.4 Å². The van der Waals surface area contributed by atoms with Gasteiger partial charge in [0.2, 0.25) is 0 Å². The van der Waals surface area contributed by atoms with Crippen LogP contribution < -0.4 is 10.6 Å². The number of rotatable bonds is 5. The molecule has 4 nitrogen and oxygen atoms in total. The molecule has 2 amide bonds. The largest absolute Gasteiger partial charge is 0.348 e. The highest BCUT2D eigenvalue weighted by molar-refractivity contribution is 6.31. The summed E-state index contributed by atoms with van der Waals surface area (Å²) in [5.41, 5.74) is 3.36. The van der Waals surface area contributed by atoms with Gasteiger partial charge in [0.15, 0.2) is 0 Å². The van der Waals surface area contributed by atoms with Crippen LogP contribution in [0.2, 0.25) is 5.02 Å². The van der Waals surface area contributed by atoms with Crippen LogP contribution in [-0.4, -0.2) is 11.8 Å². The molecule has 0 bridgehead atoms. The Morgan fingerprint density at radius 1 is 0.852 bits per heavy atom. The van der Waals surface area contributed by atoms with E-state index in [1.807, 2.05) is 37.3 Å². The van der Waals surface area contributed by atoms with Crippen molar-refractivity contribution in [2.75, 3.05) is 5.32 Å². The molecule has 0 radical (unpaired) electrons. The summed E-state index contributed by atoms with van der Waals surface area (Å²) in [7, 11) is 0. The van der Waals surface area contributed by atoms with Crippen molar-refractivity contribution in [1.29, 1.82) is 0 Å². The molecule has 0 fully saturated rings. The predicted molar refractivity (Wildman–Crippen MR) is 108 cm³/mol. The van der Waals surface area contributed by atoms with E-state index in [0.717, 1.165) is 11.1 Å². The van der Waals surface area contributed by atoms with Gasteiger partial charge in [-0.15, -0.1) is 0 Å². The summed E-state index contributed by atoms with van der Waals surface area (Å²) >= 11 is 6.12. The van der Waals surface area contributed by atoms with Gasteiger partial charge in [0.25, 0.3) is 11.8 Å². The Balaban J connectivity index is 1.71. The standard InChI is InChI=1S/C22H19ClN2O2/c1-15-11-12-17(21(26)24-14-18-9-5-6-10-19(18)23)13-20(15)25-22(27)16-7-3-2-4-8-16/h2-13H,14H2,1H3,(H,24,26)(H,25,27). The molecule has 5 heteroatoms. The summed E-state index contributed by atoms with van der Waals surface area (Å²) in [5, 5.41) is 6.33. The van der Waals surface area contributed by atoms with Gasteiger partial charge in [0.1, 0.15) is 0 Å². The summed E-state index contributed by atoms with van der Waals surface area (Å²) in [5.74, 6) is -0.447. The zero-order chi connectivity index (χ0) is 19.2. The number of carbonyl (C=O) groups excluding carboxylic acids is 2. The Bertz CT molecular complexity index is 971. The molecular weight excluding hydrogens is 360 g/mol. The van der Waals surface area contributed by atoms with Crippen molar-refractivity contribution < 1.29 is 9.59 Å². The van der Waals surface area contributed by atoms with Crippen LogP contribution in [0.15, 0.2) is 72.8 Å². The van der Waals surface area contributed by atoms with Crippen molar-refractivity contribution >= 4 is 29.1 Å². The zero-order valence-electron chi connectivity index (χ0n) is 14.8. The van der Waals surface area contributed by atoms with E-state index in [2.05, 4.69) is 10.6 Å². The first-order valence-electron chi connectivity index (χ1n) is 8.53. The number of hydrogen-bond acceptors (Lipinski definition) is 2. The van der Waals surface area contributed by atoms with E-state index in [4.69, 9.17) is 11.6 Å². The number of anilines is 1. The number of carbonyl (C=O) groups is 2. The molecule has 0 aliphatic heterocycles. The Hall–Kier alpha value is -3.11. The van der Waals surface area contributed by atoms with E-state index >= 15 is 0 Å². The van der Waals surface area contributed by atoms with Gasteiger partial charge in [-0.3, -0.25) is 9.59 Å². The van der Waals surface area contributed by atoms with Crippen LogP contribution in [0.5, 0.6) is 0 Å². The third-order valence-corrected chi connectivity index (χ3v) is 4.55. The first kappa shape index (κ1) is 18.7. The number of nitrogens with one attached hydrogen (secondary N) is 2. The minimum atomic E-state index is -0.231. The monoisotopic (exact) mass is 378 g/mol. The highest BCUT2D eigenvalue weighted by Crippen LogP contribution is 2.19. The number of aryl methyl sites for hydroxylation is 1. The lowest BCUT2D eigenvalue weighted by Crippen LogP contribution is -2.23. The van der Waals surface area contributed by atoms with Gasteiger partial charge >= 0.3 is 0 Å². The third-order valence-electron chi connectivity index (χ3n) is 4.18. The molecule has 0 heterocycles. The summed E-state index contributed by atoms with van der Waals surface area (Å²) in [6.07, 6.45) is 0. The molecule has 0 saturated carbocycles. The number of amides is 2. The van der Waals surface area contributed by atoms with Crippen LogP contribution in [0.1, 0.15) is 31.8 Å². The third kappa shape index (κ3) is 4.74. The van der Waals surface area contributed by atoms with Crippen molar-refractivity contribution in [2.45, 2.75) is 13.5 Å². The number of benzene rings is 3. The fraction of sp³-hybridized carbons (Fsp3) is 0.0909. The second-order valence-corrected chi connectivity index (χ2v) is 6.53. The van der Waals surface area contributed by atoms with Crippen LogP contribution >= 0.6 is 11.6 Å². The maximum absolute atomic E-state index is 12.5. The zero-order valence-corrected chi connectivity index (χ0v) is 15.6. The topological polar surface area (TPSA) is 58.2 Å². The second kappa shape index (κ2) is 8.52. The lowest BCUT2D eigenvalue weighted by molar-refractivity contribution is 0.0949. The molecule has 0 unspecified atom stereocenters. The van der Waals surface area contributed by atoms with Crippen molar-refractivity contribution in [3.63, 3.8) is 0 Å². The SMILES string of the molecule is Cc1ccc(C(=O)NCc2ccccc2Cl)cc1NC(=O)c1ccccc1. The Morgan fingerprint density at radius 2 is 1.56 bits per heavy atom. The van der Waals surface area contributed by atoms with Gasteiger partial charge < -0.3 is 10.6 Å². The molecule has 0 aliphatic rings. The van der Waals surface area contributed by atoms with E-state index in [9.17, 15) is 9.59 Å². The van der Waals surface area contributed by atoms with Crippen molar-refractivity contribution in [1.82, 2.24) is 5.32 Å². The van der Waals surface area contributed by atoms with Gasteiger partial charge in [0.05, 0.1) is 0 Å². The maximum atomic E-state index is 12.5. The van der Waals surface area contributed by atoms with Crippen molar-refractivity contribution in [3.8, 4) is 0 Å². The Morgan fingerprint density at radius 3 is 2.30 bits per heavy atom. The van der Waals surface area contributed by atoms with E-state index in [0.29, 0.717) is 28.4 Å². The lowest BCUT2D eigenvalue weighted by Gasteiger charge is -2.11. The van der Waals surface area contributed by atoms with Crippen LogP contribution in [0.25, 0.3) is 0 Å². The quantitative estimate of drug-likeness (QED) is 0.668. The fourth-order valence-electron chi connectivity index (χ4n) is 2.60. The molecule has 0 spiro atoms. The van der Waals surface area contributed by atoms with E-state index < -0.39 is 0 Å². The molecule has 27 heavy (non-hydrogen) atoms. The second-order valence-electron chi connectivity index (χ2n) is 6.12. The van der Waals surface area contributed by atoms with Crippen LogP contribution in [0, 0.1) is 6.92 Å². The minimum absolute atomic E-state index is 0.215. The Labute approximate surface area is 163 Å². The van der Waals surface area contributed by atoms with Crippen LogP contribution in [-0.2, 0) is 6.54 Å². The summed E-state index contributed by atoms with van der Waals surface area (Å²) < 4.78 is 0. The summed E-state index contributed by atoms with van der Waals surface area (Å²) in [6.45, 7) is 2.21. The molecule has 2 N–H and O–H groups in total. The van der Waals surface area contributed by atoms with E-state index in [-0.39, 0.29) is 11.8 Å². The fourth-order valence-corrected chi connectivity index (χ4v) is 2.80. The van der Waals surface area contributed by atoms with E-state index in [1.54, 1.807) is 42.5 Å². The van der Waals surface area contributed by atoms with Gasteiger partial charge in [-0.2, -0.15) is 0 Å².